The molecule has 0 aliphatic heterocycles. The Morgan fingerprint density at radius 2 is 2.11 bits per heavy atom. The minimum Gasteiger partial charge on any atom is -0.492 e. The fourth-order valence-electron chi connectivity index (χ4n) is 1.84. The van der Waals surface area contributed by atoms with Gasteiger partial charge < -0.3 is 10.1 Å². The first kappa shape index (κ1) is 12.6. The minimum atomic E-state index is 0.170. The summed E-state index contributed by atoms with van der Waals surface area (Å²) in [7, 11) is 1.92. The zero-order valence-electron chi connectivity index (χ0n) is 10.8. The first-order chi connectivity index (χ1) is 8.79. The van der Waals surface area contributed by atoms with Crippen LogP contribution >= 0.6 is 0 Å². The number of aryl methyl sites for hydroxylation is 1. The van der Waals surface area contributed by atoms with E-state index < -0.39 is 0 Å². The maximum absolute atomic E-state index is 5.78. The Bertz CT molecular complexity index is 467. The molecule has 1 aromatic heterocycles. The number of hydrogen-bond donors (Lipinski definition) is 1. The molecule has 0 fully saturated rings. The molecule has 2 aromatic rings. The van der Waals surface area contributed by atoms with Crippen LogP contribution in [0.25, 0.3) is 0 Å². The van der Waals surface area contributed by atoms with E-state index in [4.69, 9.17) is 4.74 Å². The van der Waals surface area contributed by atoms with Crippen LogP contribution in [0.15, 0.2) is 42.7 Å². The molecular formula is C14H19N3O. The molecule has 0 amide bonds. The summed E-state index contributed by atoms with van der Waals surface area (Å²) in [6.45, 7) is 3.59. The quantitative estimate of drug-likeness (QED) is 0.847. The lowest BCUT2D eigenvalue weighted by molar-refractivity contribution is 0.268. The monoisotopic (exact) mass is 245 g/mol. The van der Waals surface area contributed by atoms with Crippen LogP contribution in [0, 0.1) is 0 Å². The van der Waals surface area contributed by atoms with E-state index in [0.29, 0.717) is 6.61 Å². The first-order valence-electron chi connectivity index (χ1n) is 6.19. The van der Waals surface area contributed by atoms with Crippen molar-refractivity contribution < 1.29 is 4.74 Å². The third-order valence-corrected chi connectivity index (χ3v) is 2.74. The van der Waals surface area contributed by atoms with Gasteiger partial charge in [-0.05, 0) is 18.7 Å². The maximum atomic E-state index is 5.78. The fraction of sp³-hybridized carbons (Fsp3) is 0.357. The molecule has 1 aromatic carbocycles. The highest BCUT2D eigenvalue weighted by Crippen LogP contribution is 2.15. The van der Waals surface area contributed by atoms with Crippen LogP contribution in [0.5, 0.6) is 5.75 Å². The molecule has 0 radical (unpaired) electrons. The highest BCUT2D eigenvalue weighted by atomic mass is 16.5. The Balaban J connectivity index is 1.98. The summed E-state index contributed by atoms with van der Waals surface area (Å²) in [5.41, 5.74) is 1.15. The molecule has 4 heteroatoms. The van der Waals surface area contributed by atoms with Gasteiger partial charge in [0.15, 0.2) is 0 Å². The van der Waals surface area contributed by atoms with Crippen molar-refractivity contribution in [2.24, 2.45) is 7.05 Å². The molecule has 1 N–H and O–H groups in total. The van der Waals surface area contributed by atoms with Gasteiger partial charge in [0.1, 0.15) is 12.4 Å². The van der Waals surface area contributed by atoms with Crippen molar-refractivity contribution in [2.75, 3.05) is 13.2 Å². The third-order valence-electron chi connectivity index (χ3n) is 2.74. The highest BCUT2D eigenvalue weighted by molar-refractivity contribution is 5.21. The topological polar surface area (TPSA) is 39.1 Å². The van der Waals surface area contributed by atoms with Gasteiger partial charge in [0, 0.05) is 18.8 Å². The van der Waals surface area contributed by atoms with E-state index in [9.17, 15) is 0 Å². The van der Waals surface area contributed by atoms with Gasteiger partial charge in [0.2, 0.25) is 0 Å². The van der Waals surface area contributed by atoms with E-state index in [1.165, 1.54) is 0 Å². The van der Waals surface area contributed by atoms with E-state index in [0.717, 1.165) is 17.9 Å². The highest BCUT2D eigenvalue weighted by Gasteiger charge is 2.12. The second-order valence-corrected chi connectivity index (χ2v) is 4.18. The maximum Gasteiger partial charge on any atom is 0.119 e. The van der Waals surface area contributed by atoms with E-state index >= 15 is 0 Å². The van der Waals surface area contributed by atoms with Crippen molar-refractivity contribution in [1.82, 2.24) is 15.1 Å². The smallest absolute Gasteiger partial charge is 0.119 e. The van der Waals surface area contributed by atoms with Gasteiger partial charge in [-0.15, -0.1) is 0 Å². The van der Waals surface area contributed by atoms with Crippen molar-refractivity contribution >= 4 is 0 Å². The summed E-state index contributed by atoms with van der Waals surface area (Å²) in [5.74, 6) is 0.893. The molecule has 1 heterocycles. The van der Waals surface area contributed by atoms with Crippen LogP contribution in [-0.4, -0.2) is 22.9 Å². The lowest BCUT2D eigenvalue weighted by Crippen LogP contribution is -2.26. The summed E-state index contributed by atoms with van der Waals surface area (Å²) >= 11 is 0. The molecular weight excluding hydrogens is 226 g/mol. The lowest BCUT2D eigenvalue weighted by atomic mass is 10.2. The Morgan fingerprint density at radius 1 is 1.33 bits per heavy atom. The Kier molecular flexibility index (Phi) is 4.36. The Hall–Kier alpha value is -1.81. The van der Waals surface area contributed by atoms with Crippen molar-refractivity contribution in [2.45, 2.75) is 13.0 Å². The lowest BCUT2D eigenvalue weighted by Gasteiger charge is -2.17. The predicted molar refractivity (Wildman–Crippen MR) is 71.6 cm³/mol. The van der Waals surface area contributed by atoms with Crippen LogP contribution in [0.3, 0.4) is 0 Å². The molecule has 18 heavy (non-hydrogen) atoms. The number of ether oxygens (including phenoxy) is 1. The van der Waals surface area contributed by atoms with Crippen molar-refractivity contribution in [3.63, 3.8) is 0 Å². The minimum absolute atomic E-state index is 0.170. The van der Waals surface area contributed by atoms with Gasteiger partial charge in [-0.3, -0.25) is 4.68 Å². The molecule has 2 rings (SSSR count). The Morgan fingerprint density at radius 3 is 2.72 bits per heavy atom. The number of para-hydroxylation sites is 1. The molecule has 96 valence electrons. The van der Waals surface area contributed by atoms with Crippen LogP contribution in [0.2, 0.25) is 0 Å². The number of likely N-dealkylation sites (N-methyl/N-ethyl adjacent to an activating group) is 1. The second-order valence-electron chi connectivity index (χ2n) is 4.18. The Labute approximate surface area is 108 Å². The average Bonchev–Trinajstić information content (AvgIpc) is 2.82. The SMILES string of the molecule is CCNC(COc1ccccc1)c1cnn(C)c1. The number of aromatic nitrogens is 2. The first-order valence-corrected chi connectivity index (χ1v) is 6.19. The fourth-order valence-corrected chi connectivity index (χ4v) is 1.84. The number of benzene rings is 1. The predicted octanol–water partition coefficient (Wildman–Crippen LogP) is 2.15. The normalized spacial score (nSPS) is 12.3. The summed E-state index contributed by atoms with van der Waals surface area (Å²) in [5, 5.41) is 7.60. The van der Waals surface area contributed by atoms with E-state index in [1.807, 2.05) is 54.5 Å². The zero-order chi connectivity index (χ0) is 12.8. The van der Waals surface area contributed by atoms with Gasteiger partial charge in [0.05, 0.1) is 12.2 Å². The number of rotatable bonds is 6. The summed E-state index contributed by atoms with van der Waals surface area (Å²) in [6.07, 6.45) is 3.89. The number of nitrogens with zero attached hydrogens (tertiary/aromatic N) is 2. The number of nitrogens with one attached hydrogen (secondary N) is 1. The summed E-state index contributed by atoms with van der Waals surface area (Å²) in [4.78, 5) is 0. The molecule has 1 atom stereocenters. The molecule has 0 bridgehead atoms. The van der Waals surface area contributed by atoms with E-state index in [2.05, 4.69) is 17.3 Å². The van der Waals surface area contributed by atoms with Crippen LogP contribution in [0.4, 0.5) is 0 Å². The van der Waals surface area contributed by atoms with Gasteiger partial charge in [-0.2, -0.15) is 5.10 Å². The number of hydrogen-bond acceptors (Lipinski definition) is 3. The second kappa shape index (κ2) is 6.21. The molecule has 0 spiro atoms. The van der Waals surface area contributed by atoms with Gasteiger partial charge in [-0.1, -0.05) is 25.1 Å². The van der Waals surface area contributed by atoms with Crippen LogP contribution in [-0.2, 0) is 7.05 Å². The van der Waals surface area contributed by atoms with Gasteiger partial charge in [-0.25, -0.2) is 0 Å². The average molecular weight is 245 g/mol. The largest absolute Gasteiger partial charge is 0.492 e. The molecule has 0 aliphatic carbocycles. The third kappa shape index (κ3) is 3.34. The summed E-state index contributed by atoms with van der Waals surface area (Å²) in [6, 6.07) is 10.0. The summed E-state index contributed by atoms with van der Waals surface area (Å²) < 4.78 is 7.59. The van der Waals surface area contributed by atoms with Gasteiger partial charge >= 0.3 is 0 Å². The molecule has 0 saturated carbocycles. The zero-order valence-corrected chi connectivity index (χ0v) is 10.8. The van der Waals surface area contributed by atoms with Gasteiger partial charge in [0.25, 0.3) is 0 Å². The van der Waals surface area contributed by atoms with Crippen LogP contribution in [0.1, 0.15) is 18.5 Å². The van der Waals surface area contributed by atoms with Crippen molar-refractivity contribution in [3.05, 3.63) is 48.3 Å². The van der Waals surface area contributed by atoms with Crippen molar-refractivity contribution in [3.8, 4) is 5.75 Å². The molecule has 0 saturated heterocycles. The van der Waals surface area contributed by atoms with Crippen molar-refractivity contribution in [1.29, 1.82) is 0 Å². The van der Waals surface area contributed by atoms with E-state index in [-0.39, 0.29) is 6.04 Å². The molecule has 1 unspecified atom stereocenters. The van der Waals surface area contributed by atoms with Crippen LogP contribution < -0.4 is 10.1 Å². The molecule has 4 nitrogen and oxygen atoms in total. The molecule has 0 aliphatic rings. The van der Waals surface area contributed by atoms with E-state index in [1.54, 1.807) is 0 Å². The standard InChI is InChI=1S/C14H19N3O/c1-3-15-14(12-9-16-17(2)10-12)11-18-13-7-5-4-6-8-13/h4-10,14-15H,3,11H2,1-2H3.